The first-order valence-corrected chi connectivity index (χ1v) is 6.68. The molecule has 0 aliphatic carbocycles. The number of hydrogen-bond acceptors (Lipinski definition) is 6. The lowest BCUT2D eigenvalue weighted by molar-refractivity contribution is 0.963. The third-order valence-electron chi connectivity index (χ3n) is 2.10. The van der Waals surface area contributed by atoms with Gasteiger partial charge in [-0.1, -0.05) is 0 Å². The Kier molecular flexibility index (Phi) is 3.58. The van der Waals surface area contributed by atoms with Crippen molar-refractivity contribution >= 4 is 39.2 Å². The molecule has 0 fully saturated rings. The molecule has 0 radical (unpaired) electrons. The van der Waals surface area contributed by atoms with E-state index < -0.39 is 0 Å². The first kappa shape index (κ1) is 12.3. The van der Waals surface area contributed by atoms with Crippen molar-refractivity contribution < 1.29 is 0 Å². The molecule has 0 spiro atoms. The second-order valence-electron chi connectivity index (χ2n) is 3.56. The predicted molar refractivity (Wildman–Crippen MR) is 74.7 cm³/mol. The lowest BCUT2D eigenvalue weighted by Gasteiger charge is -2.12. The normalized spacial score (nSPS) is 10.4. The largest absolute Gasteiger partial charge is 0.357 e. The second-order valence-corrected chi connectivity index (χ2v) is 5.16. The third-order valence-corrected chi connectivity index (χ3v) is 3.81. The zero-order valence-electron chi connectivity index (χ0n) is 9.73. The van der Waals surface area contributed by atoms with Gasteiger partial charge in [0.1, 0.15) is 0 Å². The van der Waals surface area contributed by atoms with E-state index in [0.717, 1.165) is 10.0 Å². The summed E-state index contributed by atoms with van der Waals surface area (Å²) < 4.78 is 1.00. The van der Waals surface area contributed by atoms with Gasteiger partial charge in [0.15, 0.2) is 5.82 Å². The Hall–Kier alpha value is -1.21. The number of aromatic nitrogens is 3. The van der Waals surface area contributed by atoms with Crippen molar-refractivity contribution in [3.63, 3.8) is 0 Å². The number of nitrogens with zero attached hydrogens (tertiary/aromatic N) is 4. The first-order valence-electron chi connectivity index (χ1n) is 4.95. The van der Waals surface area contributed by atoms with Crippen LogP contribution in [0.4, 0.5) is 11.9 Å². The van der Waals surface area contributed by atoms with E-state index in [9.17, 15) is 0 Å². The summed E-state index contributed by atoms with van der Waals surface area (Å²) in [5, 5.41) is 6.96. The Balaban J connectivity index is 2.54. The SMILES string of the molecule is CNc1nc(-c2cscc2Br)nc(N(C)C)n1. The number of rotatable bonds is 3. The second kappa shape index (κ2) is 4.97. The van der Waals surface area contributed by atoms with Crippen molar-refractivity contribution in [2.24, 2.45) is 0 Å². The number of thiophene rings is 1. The highest BCUT2D eigenvalue weighted by Crippen LogP contribution is 2.30. The van der Waals surface area contributed by atoms with Crippen LogP contribution >= 0.6 is 27.3 Å². The molecule has 17 heavy (non-hydrogen) atoms. The van der Waals surface area contributed by atoms with Gasteiger partial charge in [-0.05, 0) is 15.9 Å². The average Bonchev–Trinajstić information content (AvgIpc) is 2.74. The molecule has 0 atom stereocenters. The smallest absolute Gasteiger partial charge is 0.230 e. The van der Waals surface area contributed by atoms with Crippen LogP contribution in [0.15, 0.2) is 15.2 Å². The zero-order chi connectivity index (χ0) is 12.4. The fraction of sp³-hybridized carbons (Fsp3) is 0.300. The molecule has 0 amide bonds. The van der Waals surface area contributed by atoms with Gasteiger partial charge in [-0.2, -0.15) is 26.3 Å². The molecule has 0 aromatic carbocycles. The van der Waals surface area contributed by atoms with Gasteiger partial charge in [0, 0.05) is 41.9 Å². The maximum Gasteiger partial charge on any atom is 0.230 e. The molecule has 0 saturated heterocycles. The monoisotopic (exact) mass is 313 g/mol. The van der Waals surface area contributed by atoms with Crippen molar-refractivity contribution in [1.82, 2.24) is 15.0 Å². The summed E-state index contributed by atoms with van der Waals surface area (Å²) >= 11 is 5.09. The first-order chi connectivity index (χ1) is 8.11. The van der Waals surface area contributed by atoms with Crippen LogP contribution in [0.5, 0.6) is 0 Å². The molecule has 0 saturated carbocycles. The van der Waals surface area contributed by atoms with Crippen LogP contribution in [0.1, 0.15) is 0 Å². The van der Waals surface area contributed by atoms with E-state index in [0.29, 0.717) is 17.7 Å². The summed E-state index contributed by atoms with van der Waals surface area (Å²) in [7, 11) is 5.60. The maximum atomic E-state index is 4.42. The topological polar surface area (TPSA) is 53.9 Å². The minimum absolute atomic E-state index is 0.566. The van der Waals surface area contributed by atoms with Crippen LogP contribution < -0.4 is 10.2 Å². The summed E-state index contributed by atoms with van der Waals surface area (Å²) in [6.45, 7) is 0. The van der Waals surface area contributed by atoms with E-state index in [1.54, 1.807) is 18.4 Å². The summed E-state index contributed by atoms with van der Waals surface area (Å²) in [5.74, 6) is 1.87. The molecule has 2 heterocycles. The van der Waals surface area contributed by atoms with Gasteiger partial charge in [-0.15, -0.1) is 0 Å². The van der Waals surface area contributed by atoms with Crippen molar-refractivity contribution in [3.05, 3.63) is 15.2 Å². The van der Waals surface area contributed by atoms with Gasteiger partial charge < -0.3 is 10.2 Å². The summed E-state index contributed by atoms with van der Waals surface area (Å²) in [5.41, 5.74) is 0.983. The Bertz CT molecular complexity index is 525. The van der Waals surface area contributed by atoms with E-state index in [1.807, 2.05) is 29.8 Å². The van der Waals surface area contributed by atoms with E-state index in [1.165, 1.54) is 0 Å². The number of nitrogens with one attached hydrogen (secondary N) is 1. The predicted octanol–water partition coefficient (Wildman–Crippen LogP) is 2.47. The van der Waals surface area contributed by atoms with E-state index in [2.05, 4.69) is 36.2 Å². The van der Waals surface area contributed by atoms with E-state index in [4.69, 9.17) is 0 Å². The number of hydrogen-bond donors (Lipinski definition) is 1. The summed E-state index contributed by atoms with van der Waals surface area (Å²) in [4.78, 5) is 14.9. The molecule has 0 bridgehead atoms. The van der Waals surface area contributed by atoms with Crippen molar-refractivity contribution in [1.29, 1.82) is 0 Å². The molecule has 0 aliphatic heterocycles. The van der Waals surface area contributed by atoms with Crippen LogP contribution in [0.25, 0.3) is 11.4 Å². The highest BCUT2D eigenvalue weighted by molar-refractivity contribution is 9.10. The van der Waals surface area contributed by atoms with Crippen molar-refractivity contribution in [2.75, 3.05) is 31.4 Å². The highest BCUT2D eigenvalue weighted by atomic mass is 79.9. The van der Waals surface area contributed by atoms with Gasteiger partial charge in [-0.25, -0.2) is 0 Å². The number of halogens is 1. The molecule has 2 aromatic rings. The van der Waals surface area contributed by atoms with Crippen LogP contribution in [0.2, 0.25) is 0 Å². The average molecular weight is 314 g/mol. The van der Waals surface area contributed by atoms with Gasteiger partial charge in [0.05, 0.1) is 0 Å². The fourth-order valence-corrected chi connectivity index (χ4v) is 2.69. The van der Waals surface area contributed by atoms with Crippen LogP contribution in [-0.4, -0.2) is 36.1 Å². The minimum atomic E-state index is 0.566. The quantitative estimate of drug-likeness (QED) is 0.943. The standard InChI is InChI=1S/C10H12BrN5S/c1-12-9-13-8(6-4-17-5-7(6)11)14-10(15-9)16(2)3/h4-5H,1-3H3,(H,12,13,14,15). The van der Waals surface area contributed by atoms with Gasteiger partial charge in [0.2, 0.25) is 11.9 Å². The Morgan fingerprint density at radius 2 is 2.00 bits per heavy atom. The fourth-order valence-electron chi connectivity index (χ4n) is 1.24. The van der Waals surface area contributed by atoms with Crippen molar-refractivity contribution in [3.8, 4) is 11.4 Å². The van der Waals surface area contributed by atoms with E-state index in [-0.39, 0.29) is 0 Å². The van der Waals surface area contributed by atoms with Crippen LogP contribution in [0.3, 0.4) is 0 Å². The molecular weight excluding hydrogens is 302 g/mol. The third kappa shape index (κ3) is 2.55. The van der Waals surface area contributed by atoms with Gasteiger partial charge in [-0.3, -0.25) is 0 Å². The molecule has 1 N–H and O–H groups in total. The minimum Gasteiger partial charge on any atom is -0.357 e. The summed E-state index contributed by atoms with van der Waals surface area (Å²) in [6, 6.07) is 0. The van der Waals surface area contributed by atoms with Crippen LogP contribution in [0, 0.1) is 0 Å². The molecule has 2 rings (SSSR count). The Morgan fingerprint density at radius 1 is 1.24 bits per heavy atom. The molecule has 0 aliphatic rings. The van der Waals surface area contributed by atoms with E-state index >= 15 is 0 Å². The molecule has 5 nitrogen and oxygen atoms in total. The lowest BCUT2D eigenvalue weighted by atomic mass is 10.3. The molecular formula is C10H12BrN5S. The molecule has 0 unspecified atom stereocenters. The van der Waals surface area contributed by atoms with Gasteiger partial charge >= 0.3 is 0 Å². The van der Waals surface area contributed by atoms with Crippen LogP contribution in [-0.2, 0) is 0 Å². The molecule has 90 valence electrons. The maximum absolute atomic E-state index is 4.42. The summed E-state index contributed by atoms with van der Waals surface area (Å²) in [6.07, 6.45) is 0. The molecule has 7 heteroatoms. The Labute approximate surface area is 112 Å². The lowest BCUT2D eigenvalue weighted by Crippen LogP contribution is -2.15. The molecule has 2 aromatic heterocycles. The number of anilines is 2. The highest BCUT2D eigenvalue weighted by Gasteiger charge is 2.12. The zero-order valence-corrected chi connectivity index (χ0v) is 12.1. The van der Waals surface area contributed by atoms with Crippen molar-refractivity contribution in [2.45, 2.75) is 0 Å². The van der Waals surface area contributed by atoms with Gasteiger partial charge in [0.25, 0.3) is 0 Å². The Morgan fingerprint density at radius 3 is 2.53 bits per heavy atom.